The molecule has 0 radical (unpaired) electrons. The molecule has 0 saturated heterocycles. The van der Waals surface area contributed by atoms with Gasteiger partial charge in [0.1, 0.15) is 5.83 Å². The van der Waals surface area contributed by atoms with Crippen LogP contribution in [0.1, 0.15) is 36.4 Å². The SMILES string of the molecule is Cc1nn(CC(F)=CCN)c(C)c1Cc1ccc(S(=O)(=O)N(C)C(C)C)cc1. The van der Waals surface area contributed by atoms with Crippen LogP contribution in [-0.2, 0) is 23.0 Å². The summed E-state index contributed by atoms with van der Waals surface area (Å²) in [6.45, 7) is 7.67. The molecule has 154 valence electrons. The molecule has 2 aromatic rings. The van der Waals surface area contributed by atoms with Gasteiger partial charge in [0.2, 0.25) is 10.0 Å². The minimum Gasteiger partial charge on any atom is -0.327 e. The van der Waals surface area contributed by atoms with E-state index in [1.165, 1.54) is 10.4 Å². The Morgan fingerprint density at radius 3 is 2.43 bits per heavy atom. The second kappa shape index (κ2) is 8.98. The van der Waals surface area contributed by atoms with Gasteiger partial charge in [-0.05, 0) is 51.5 Å². The highest BCUT2D eigenvalue weighted by atomic mass is 32.2. The molecule has 0 aliphatic heterocycles. The molecule has 0 atom stereocenters. The average molecular weight is 409 g/mol. The number of halogens is 1. The molecule has 2 rings (SSSR count). The maximum absolute atomic E-state index is 13.8. The van der Waals surface area contributed by atoms with Crippen molar-refractivity contribution in [3.8, 4) is 0 Å². The van der Waals surface area contributed by atoms with Crippen molar-refractivity contribution in [2.75, 3.05) is 13.6 Å². The number of hydrogen-bond donors (Lipinski definition) is 1. The van der Waals surface area contributed by atoms with Crippen molar-refractivity contribution in [3.63, 3.8) is 0 Å². The van der Waals surface area contributed by atoms with Gasteiger partial charge >= 0.3 is 0 Å². The molecule has 1 aromatic carbocycles. The number of aryl methyl sites for hydroxylation is 1. The molecular weight excluding hydrogens is 379 g/mol. The number of aromatic nitrogens is 2. The zero-order valence-corrected chi connectivity index (χ0v) is 17.9. The highest BCUT2D eigenvalue weighted by molar-refractivity contribution is 7.89. The molecule has 0 spiro atoms. The number of nitrogens with zero attached hydrogens (tertiary/aromatic N) is 3. The molecule has 0 fully saturated rings. The summed E-state index contributed by atoms with van der Waals surface area (Å²) >= 11 is 0. The fraction of sp³-hybridized carbons (Fsp3) is 0.450. The topological polar surface area (TPSA) is 81.2 Å². The second-order valence-electron chi connectivity index (χ2n) is 7.13. The molecule has 1 heterocycles. The molecule has 0 aliphatic carbocycles. The van der Waals surface area contributed by atoms with Gasteiger partial charge in [0.05, 0.1) is 17.1 Å². The van der Waals surface area contributed by atoms with Gasteiger partial charge in [0.15, 0.2) is 0 Å². The second-order valence-corrected chi connectivity index (χ2v) is 9.13. The molecule has 0 aliphatic rings. The van der Waals surface area contributed by atoms with Crippen LogP contribution in [-0.4, -0.2) is 42.1 Å². The van der Waals surface area contributed by atoms with Crippen LogP contribution >= 0.6 is 0 Å². The molecule has 0 bridgehead atoms. The Bertz CT molecular complexity index is 947. The maximum Gasteiger partial charge on any atom is 0.243 e. The van der Waals surface area contributed by atoms with Crippen LogP contribution in [0.5, 0.6) is 0 Å². The van der Waals surface area contributed by atoms with Gasteiger partial charge in [-0.25, -0.2) is 12.8 Å². The molecule has 1 aromatic heterocycles. The van der Waals surface area contributed by atoms with E-state index in [2.05, 4.69) is 5.10 Å². The monoisotopic (exact) mass is 408 g/mol. The van der Waals surface area contributed by atoms with Crippen LogP contribution in [0.15, 0.2) is 41.1 Å². The van der Waals surface area contributed by atoms with Gasteiger partial charge in [-0.15, -0.1) is 0 Å². The van der Waals surface area contributed by atoms with Crippen LogP contribution in [0.2, 0.25) is 0 Å². The van der Waals surface area contributed by atoms with Crippen molar-refractivity contribution in [2.45, 2.75) is 51.6 Å². The van der Waals surface area contributed by atoms with Crippen molar-refractivity contribution >= 4 is 10.0 Å². The Morgan fingerprint density at radius 1 is 1.29 bits per heavy atom. The molecule has 0 amide bonds. The van der Waals surface area contributed by atoms with E-state index in [0.29, 0.717) is 6.42 Å². The van der Waals surface area contributed by atoms with Crippen molar-refractivity contribution in [2.24, 2.45) is 5.73 Å². The molecule has 0 unspecified atom stereocenters. The highest BCUT2D eigenvalue weighted by Gasteiger charge is 2.23. The first-order chi connectivity index (χ1) is 13.1. The fourth-order valence-corrected chi connectivity index (χ4v) is 4.27. The van der Waals surface area contributed by atoms with Gasteiger partial charge in [-0.2, -0.15) is 9.40 Å². The van der Waals surface area contributed by atoms with E-state index in [1.807, 2.05) is 39.8 Å². The summed E-state index contributed by atoms with van der Waals surface area (Å²) in [6, 6.07) is 6.76. The minimum atomic E-state index is -3.50. The summed E-state index contributed by atoms with van der Waals surface area (Å²) in [5.41, 5.74) is 9.03. The summed E-state index contributed by atoms with van der Waals surface area (Å²) < 4.78 is 41.9. The molecular formula is C20H29FN4O2S. The van der Waals surface area contributed by atoms with E-state index >= 15 is 0 Å². The number of benzene rings is 1. The summed E-state index contributed by atoms with van der Waals surface area (Å²) in [5.74, 6) is -0.316. The van der Waals surface area contributed by atoms with Gasteiger partial charge in [-0.3, -0.25) is 4.68 Å². The zero-order valence-electron chi connectivity index (χ0n) is 17.1. The van der Waals surface area contributed by atoms with E-state index in [9.17, 15) is 12.8 Å². The number of sulfonamides is 1. The first kappa shape index (κ1) is 22.3. The summed E-state index contributed by atoms with van der Waals surface area (Å²) in [4.78, 5) is 0.269. The van der Waals surface area contributed by atoms with Crippen molar-refractivity contribution < 1.29 is 12.8 Å². The molecule has 6 nitrogen and oxygen atoms in total. The van der Waals surface area contributed by atoms with Gasteiger partial charge in [0.25, 0.3) is 0 Å². The fourth-order valence-electron chi connectivity index (χ4n) is 2.91. The normalized spacial score (nSPS) is 13.0. The Labute approximate surface area is 166 Å². The first-order valence-corrected chi connectivity index (χ1v) is 10.7. The standard InChI is InChI=1S/C20H29FN4O2S/c1-14(2)24(5)28(26,27)19-8-6-17(7-9-19)12-20-15(3)23-25(16(20)4)13-18(21)10-11-22/h6-10,14H,11-13,22H2,1-5H3. The van der Waals surface area contributed by atoms with Crippen LogP contribution in [0.4, 0.5) is 4.39 Å². The molecule has 8 heteroatoms. The summed E-state index contributed by atoms with van der Waals surface area (Å²) in [6.07, 6.45) is 1.93. The Kier molecular flexibility index (Phi) is 7.14. The van der Waals surface area contributed by atoms with Crippen LogP contribution in [0.25, 0.3) is 0 Å². The molecule has 28 heavy (non-hydrogen) atoms. The lowest BCUT2D eigenvalue weighted by molar-refractivity contribution is 0.410. The first-order valence-electron chi connectivity index (χ1n) is 9.22. The average Bonchev–Trinajstić information content (AvgIpc) is 2.89. The zero-order chi connectivity index (χ0) is 21.1. The van der Waals surface area contributed by atoms with Crippen molar-refractivity contribution in [1.29, 1.82) is 0 Å². The van der Waals surface area contributed by atoms with E-state index in [1.54, 1.807) is 23.9 Å². The Hall–Kier alpha value is -2.03. The lowest BCUT2D eigenvalue weighted by Crippen LogP contribution is -2.33. The quantitative estimate of drug-likeness (QED) is 0.728. The predicted molar refractivity (Wildman–Crippen MR) is 109 cm³/mol. The van der Waals surface area contributed by atoms with Gasteiger partial charge in [-0.1, -0.05) is 12.1 Å². The number of nitrogens with two attached hydrogens (primary N) is 1. The van der Waals surface area contributed by atoms with Crippen LogP contribution in [0, 0.1) is 13.8 Å². The Morgan fingerprint density at radius 2 is 1.89 bits per heavy atom. The largest absolute Gasteiger partial charge is 0.327 e. The lowest BCUT2D eigenvalue weighted by Gasteiger charge is -2.21. The van der Waals surface area contributed by atoms with Crippen LogP contribution in [0.3, 0.4) is 0 Å². The summed E-state index contributed by atoms with van der Waals surface area (Å²) in [7, 11) is -1.92. The number of hydrogen-bond acceptors (Lipinski definition) is 4. The van der Waals surface area contributed by atoms with Gasteiger partial charge in [0, 0.05) is 37.3 Å². The third kappa shape index (κ3) is 4.87. The van der Waals surface area contributed by atoms with E-state index < -0.39 is 10.0 Å². The van der Waals surface area contributed by atoms with Crippen molar-refractivity contribution in [1.82, 2.24) is 14.1 Å². The van der Waals surface area contributed by atoms with E-state index in [4.69, 9.17) is 5.73 Å². The minimum absolute atomic E-state index is 0.0581. The number of allylic oxidation sites excluding steroid dienone is 1. The smallest absolute Gasteiger partial charge is 0.243 e. The third-order valence-corrected chi connectivity index (χ3v) is 6.93. The number of rotatable bonds is 8. The molecule has 2 N–H and O–H groups in total. The van der Waals surface area contributed by atoms with Crippen LogP contribution < -0.4 is 5.73 Å². The highest BCUT2D eigenvalue weighted by Crippen LogP contribution is 2.22. The Balaban J connectivity index is 2.23. The van der Waals surface area contributed by atoms with Crippen molar-refractivity contribution in [3.05, 3.63) is 58.7 Å². The van der Waals surface area contributed by atoms with Gasteiger partial charge < -0.3 is 5.73 Å². The maximum atomic E-state index is 13.8. The molecule has 0 saturated carbocycles. The third-order valence-electron chi connectivity index (χ3n) is 4.88. The summed E-state index contributed by atoms with van der Waals surface area (Å²) in [5, 5.41) is 4.42. The van der Waals surface area contributed by atoms with E-state index in [-0.39, 0.29) is 29.9 Å². The lowest BCUT2D eigenvalue weighted by atomic mass is 10.0. The van der Waals surface area contributed by atoms with E-state index in [0.717, 1.165) is 22.5 Å². The predicted octanol–water partition coefficient (Wildman–Crippen LogP) is 2.93.